The Labute approximate surface area is 148 Å². The van der Waals surface area contributed by atoms with Gasteiger partial charge in [-0.1, -0.05) is 12.1 Å². The molecule has 1 aliphatic heterocycles. The van der Waals surface area contributed by atoms with Crippen molar-refractivity contribution >= 4 is 6.03 Å². The van der Waals surface area contributed by atoms with Gasteiger partial charge < -0.3 is 19.6 Å². The normalized spacial score (nSPS) is 20.6. The molecule has 0 bridgehead atoms. The summed E-state index contributed by atoms with van der Waals surface area (Å²) < 4.78 is 5.35. The molecule has 0 saturated carbocycles. The van der Waals surface area contributed by atoms with E-state index in [2.05, 4.69) is 34.3 Å². The van der Waals surface area contributed by atoms with Crippen molar-refractivity contribution in [1.29, 1.82) is 0 Å². The average molecular weight is 343 g/mol. The van der Waals surface area contributed by atoms with E-state index in [9.17, 15) is 4.79 Å². The number of aromatic nitrogens is 2. The van der Waals surface area contributed by atoms with Crippen molar-refractivity contribution in [3.8, 4) is 11.3 Å². The van der Waals surface area contributed by atoms with E-state index >= 15 is 0 Å². The summed E-state index contributed by atoms with van der Waals surface area (Å²) in [6, 6.07) is 5.51. The van der Waals surface area contributed by atoms with Gasteiger partial charge in [0.25, 0.3) is 0 Å². The number of carbonyl (C=O) groups excluding carboxylic acids is 1. The van der Waals surface area contributed by atoms with Crippen molar-refractivity contribution in [2.75, 3.05) is 33.7 Å². The molecule has 3 rings (SSSR count). The van der Waals surface area contributed by atoms with Crippen LogP contribution in [0.2, 0.25) is 0 Å². The highest BCUT2D eigenvalue weighted by atomic mass is 16.5. The second-order valence-electron chi connectivity index (χ2n) is 7.23. The molecule has 25 heavy (non-hydrogen) atoms. The molecule has 1 fully saturated rings. The molecule has 0 radical (unpaired) electrons. The van der Waals surface area contributed by atoms with Crippen LogP contribution in [0, 0.1) is 5.41 Å². The maximum atomic E-state index is 12.3. The fourth-order valence-corrected chi connectivity index (χ4v) is 3.18. The maximum absolute atomic E-state index is 12.3. The van der Waals surface area contributed by atoms with Crippen molar-refractivity contribution in [2.45, 2.75) is 19.9 Å². The van der Waals surface area contributed by atoms with Crippen LogP contribution in [0.5, 0.6) is 0 Å². The van der Waals surface area contributed by atoms with Crippen molar-refractivity contribution in [1.82, 2.24) is 25.3 Å². The van der Waals surface area contributed by atoms with Crippen LogP contribution in [0.25, 0.3) is 11.3 Å². The summed E-state index contributed by atoms with van der Waals surface area (Å²) in [5.41, 5.74) is 1.76. The maximum Gasteiger partial charge on any atom is 0.317 e. The Hall–Kier alpha value is -2.41. The molecule has 2 aromatic heterocycles. The Morgan fingerprint density at radius 1 is 1.52 bits per heavy atom. The van der Waals surface area contributed by atoms with E-state index in [1.807, 2.05) is 18.2 Å². The largest absolute Gasteiger partial charge is 0.359 e. The predicted molar refractivity (Wildman–Crippen MR) is 94.8 cm³/mol. The second kappa shape index (κ2) is 7.23. The number of amides is 2. The summed E-state index contributed by atoms with van der Waals surface area (Å²) in [5, 5.41) is 7.08. The highest BCUT2D eigenvalue weighted by Gasteiger charge is 2.32. The van der Waals surface area contributed by atoms with Crippen LogP contribution in [0.3, 0.4) is 0 Å². The first-order chi connectivity index (χ1) is 12.0. The van der Waals surface area contributed by atoms with Crippen LogP contribution in [-0.2, 0) is 6.54 Å². The number of nitrogens with zero attached hydrogens (tertiary/aromatic N) is 4. The second-order valence-corrected chi connectivity index (χ2v) is 7.23. The SMILES string of the molecule is CN1CCC(C)(CNC(=O)N(C)Cc2cc(-c3cccnc3)no2)C1. The molecule has 134 valence electrons. The highest BCUT2D eigenvalue weighted by molar-refractivity contribution is 5.73. The Balaban J connectivity index is 1.53. The van der Waals surface area contributed by atoms with Crippen LogP contribution in [-0.4, -0.2) is 59.7 Å². The molecule has 1 unspecified atom stereocenters. The Morgan fingerprint density at radius 3 is 3.04 bits per heavy atom. The summed E-state index contributed by atoms with van der Waals surface area (Å²) in [7, 11) is 3.87. The first kappa shape index (κ1) is 17.4. The van der Waals surface area contributed by atoms with E-state index in [0.29, 0.717) is 18.8 Å². The zero-order valence-electron chi connectivity index (χ0n) is 15.0. The zero-order valence-corrected chi connectivity index (χ0v) is 15.0. The minimum atomic E-state index is -0.102. The molecular weight excluding hydrogens is 318 g/mol. The van der Waals surface area contributed by atoms with E-state index in [-0.39, 0.29) is 11.4 Å². The van der Waals surface area contributed by atoms with E-state index in [4.69, 9.17) is 4.52 Å². The summed E-state index contributed by atoms with van der Waals surface area (Å²) >= 11 is 0. The Kier molecular flexibility index (Phi) is 5.03. The third kappa shape index (κ3) is 4.36. The molecular formula is C18H25N5O2. The lowest BCUT2D eigenvalue weighted by molar-refractivity contribution is 0.193. The molecule has 7 nitrogen and oxygen atoms in total. The first-order valence-electron chi connectivity index (χ1n) is 8.49. The summed E-state index contributed by atoms with van der Waals surface area (Å²) in [5.74, 6) is 0.642. The lowest BCUT2D eigenvalue weighted by Gasteiger charge is -2.25. The highest BCUT2D eigenvalue weighted by Crippen LogP contribution is 2.27. The number of likely N-dealkylation sites (tertiary alicyclic amines) is 1. The molecule has 1 atom stereocenters. The fourth-order valence-electron chi connectivity index (χ4n) is 3.18. The lowest BCUT2D eigenvalue weighted by Crippen LogP contribution is -2.43. The van der Waals surface area contributed by atoms with E-state index < -0.39 is 0 Å². The average Bonchev–Trinajstić information content (AvgIpc) is 3.20. The topological polar surface area (TPSA) is 74.5 Å². The van der Waals surface area contributed by atoms with Crippen LogP contribution in [0.1, 0.15) is 19.1 Å². The molecule has 3 heterocycles. The van der Waals surface area contributed by atoms with Gasteiger partial charge in [0.05, 0.1) is 6.54 Å². The van der Waals surface area contributed by atoms with Gasteiger partial charge in [-0.15, -0.1) is 0 Å². The Morgan fingerprint density at radius 2 is 2.36 bits per heavy atom. The monoisotopic (exact) mass is 343 g/mol. The van der Waals surface area contributed by atoms with Gasteiger partial charge in [0, 0.05) is 44.2 Å². The van der Waals surface area contributed by atoms with Crippen LogP contribution < -0.4 is 5.32 Å². The lowest BCUT2D eigenvalue weighted by atomic mass is 9.90. The standard InChI is InChI=1S/C18H25N5O2/c1-18(6-8-22(2)13-18)12-20-17(24)23(3)11-15-9-16(21-25-15)14-5-4-7-19-10-14/h4-5,7,9-10H,6,8,11-13H2,1-3H3,(H,20,24). The van der Waals surface area contributed by atoms with Crippen LogP contribution in [0.4, 0.5) is 4.79 Å². The van der Waals surface area contributed by atoms with Gasteiger partial charge >= 0.3 is 6.03 Å². The van der Waals surface area contributed by atoms with Crippen LogP contribution in [0.15, 0.2) is 35.1 Å². The van der Waals surface area contributed by atoms with Gasteiger partial charge in [0.2, 0.25) is 0 Å². The van der Waals surface area contributed by atoms with Gasteiger partial charge in [-0.05, 0) is 37.6 Å². The van der Waals surface area contributed by atoms with Gasteiger partial charge in [0.15, 0.2) is 5.76 Å². The number of nitrogens with one attached hydrogen (secondary N) is 1. The van der Waals surface area contributed by atoms with Gasteiger partial charge in [-0.2, -0.15) is 0 Å². The number of carbonyl (C=O) groups is 1. The number of hydrogen-bond acceptors (Lipinski definition) is 5. The van der Waals surface area contributed by atoms with E-state index in [0.717, 1.165) is 30.8 Å². The molecule has 0 spiro atoms. The molecule has 1 saturated heterocycles. The third-order valence-electron chi connectivity index (χ3n) is 4.67. The minimum absolute atomic E-state index is 0.102. The minimum Gasteiger partial charge on any atom is -0.359 e. The van der Waals surface area contributed by atoms with Crippen molar-refractivity contribution in [3.63, 3.8) is 0 Å². The number of rotatable bonds is 5. The van der Waals surface area contributed by atoms with Crippen molar-refractivity contribution in [2.24, 2.45) is 5.41 Å². The third-order valence-corrected chi connectivity index (χ3v) is 4.67. The summed E-state index contributed by atoms with van der Waals surface area (Å²) in [6.07, 6.45) is 4.55. The Bertz CT molecular complexity index is 717. The molecule has 0 aliphatic carbocycles. The van der Waals surface area contributed by atoms with E-state index in [1.165, 1.54) is 0 Å². The van der Waals surface area contributed by atoms with Crippen molar-refractivity contribution in [3.05, 3.63) is 36.4 Å². The molecule has 7 heteroatoms. The van der Waals surface area contributed by atoms with Gasteiger partial charge in [-0.25, -0.2) is 4.79 Å². The molecule has 0 aromatic carbocycles. The zero-order chi connectivity index (χ0) is 17.9. The van der Waals surface area contributed by atoms with Crippen LogP contribution >= 0.6 is 0 Å². The van der Waals surface area contributed by atoms with Crippen molar-refractivity contribution < 1.29 is 9.32 Å². The number of urea groups is 1. The molecule has 2 amide bonds. The van der Waals surface area contributed by atoms with Gasteiger partial charge in [0.1, 0.15) is 5.69 Å². The van der Waals surface area contributed by atoms with Gasteiger partial charge in [-0.3, -0.25) is 4.98 Å². The molecule has 1 N–H and O–H groups in total. The quantitative estimate of drug-likeness (QED) is 0.901. The smallest absolute Gasteiger partial charge is 0.317 e. The fraction of sp³-hybridized carbons (Fsp3) is 0.500. The van der Waals surface area contributed by atoms with E-state index in [1.54, 1.807) is 24.3 Å². The first-order valence-corrected chi connectivity index (χ1v) is 8.49. The predicted octanol–water partition coefficient (Wildman–Crippen LogP) is 2.22. The summed E-state index contributed by atoms with van der Waals surface area (Å²) in [4.78, 5) is 20.3. The number of hydrogen-bond donors (Lipinski definition) is 1. The number of pyridine rings is 1. The molecule has 2 aromatic rings. The summed E-state index contributed by atoms with van der Waals surface area (Å²) in [6.45, 7) is 5.35. The molecule has 1 aliphatic rings.